The molecular weight excluding hydrogens is 328 g/mol. The summed E-state index contributed by atoms with van der Waals surface area (Å²) in [7, 11) is 3.22. The molecule has 0 bridgehead atoms. The molecule has 0 saturated carbocycles. The van der Waals surface area contributed by atoms with E-state index >= 15 is 0 Å². The van der Waals surface area contributed by atoms with E-state index in [1.807, 2.05) is 46.8 Å². The number of rotatable bonds is 4. The van der Waals surface area contributed by atoms with Gasteiger partial charge in [0.05, 0.1) is 19.9 Å². The van der Waals surface area contributed by atoms with Crippen molar-refractivity contribution in [3.05, 3.63) is 35.1 Å². The highest BCUT2D eigenvalue weighted by Gasteiger charge is 2.37. The third kappa shape index (κ3) is 3.12. The molecule has 1 saturated heterocycles. The zero-order chi connectivity index (χ0) is 17.3. The Hall–Kier alpha value is -2.03. The highest BCUT2D eigenvalue weighted by molar-refractivity contribution is 7.71. The number of aliphatic hydroxyl groups excluding tert-OH is 1. The summed E-state index contributed by atoms with van der Waals surface area (Å²) in [5, 5.41) is 14.5. The minimum Gasteiger partial charge on any atom is -0.468 e. The third-order valence-electron chi connectivity index (χ3n) is 4.24. The Labute approximate surface area is 145 Å². The second-order valence-electron chi connectivity index (χ2n) is 5.87. The van der Waals surface area contributed by atoms with Gasteiger partial charge in [0.15, 0.2) is 10.6 Å². The molecule has 7 nitrogen and oxygen atoms in total. The largest absolute Gasteiger partial charge is 0.468 e. The average Bonchev–Trinajstić information content (AvgIpc) is 3.10. The Bertz CT molecular complexity index is 786. The minimum absolute atomic E-state index is 0.330. The van der Waals surface area contributed by atoms with Crippen LogP contribution in [-0.4, -0.2) is 56.1 Å². The van der Waals surface area contributed by atoms with Crippen LogP contribution in [0.3, 0.4) is 0 Å². The first kappa shape index (κ1) is 16.8. The molecule has 0 aliphatic carbocycles. The van der Waals surface area contributed by atoms with E-state index in [1.165, 1.54) is 7.11 Å². The van der Waals surface area contributed by atoms with E-state index in [9.17, 15) is 9.90 Å². The molecule has 1 aliphatic heterocycles. The van der Waals surface area contributed by atoms with Crippen molar-refractivity contribution in [1.29, 1.82) is 0 Å². The van der Waals surface area contributed by atoms with Crippen molar-refractivity contribution < 1.29 is 14.6 Å². The zero-order valence-electron chi connectivity index (χ0n) is 13.6. The molecule has 0 spiro atoms. The Morgan fingerprint density at radius 3 is 2.79 bits per heavy atom. The maximum absolute atomic E-state index is 11.9. The zero-order valence-corrected chi connectivity index (χ0v) is 14.4. The summed E-state index contributed by atoms with van der Waals surface area (Å²) in [4.78, 5) is 13.7. The number of hydrogen-bond acceptors (Lipinski definition) is 6. The summed E-state index contributed by atoms with van der Waals surface area (Å²) in [6.45, 7) is 0.717. The molecule has 1 aliphatic rings. The summed E-state index contributed by atoms with van der Waals surface area (Å²) in [5.41, 5.74) is 0.968. The Balaban J connectivity index is 1.88. The van der Waals surface area contributed by atoms with Gasteiger partial charge in [0, 0.05) is 25.6 Å². The van der Waals surface area contributed by atoms with Gasteiger partial charge in [0.2, 0.25) is 0 Å². The molecule has 24 heavy (non-hydrogen) atoms. The van der Waals surface area contributed by atoms with Gasteiger partial charge in [-0.1, -0.05) is 30.3 Å². The molecule has 2 atom stereocenters. The van der Waals surface area contributed by atoms with Crippen LogP contribution in [-0.2, 0) is 23.2 Å². The summed E-state index contributed by atoms with van der Waals surface area (Å²) >= 11 is 5.47. The van der Waals surface area contributed by atoms with Crippen LogP contribution in [0.15, 0.2) is 30.3 Å². The van der Waals surface area contributed by atoms with E-state index in [0.29, 0.717) is 24.4 Å². The number of benzene rings is 1. The van der Waals surface area contributed by atoms with Crippen LogP contribution in [0, 0.1) is 4.77 Å². The quantitative estimate of drug-likeness (QED) is 0.661. The number of carbonyl (C=O) groups excluding carboxylic acids is 1. The van der Waals surface area contributed by atoms with E-state index in [1.54, 1.807) is 4.68 Å². The lowest BCUT2D eigenvalue weighted by atomic mass is 10.2. The highest BCUT2D eigenvalue weighted by atomic mass is 32.1. The molecule has 8 heteroatoms. The number of nitrogens with zero attached hydrogens (tertiary/aromatic N) is 4. The Morgan fingerprint density at radius 1 is 1.42 bits per heavy atom. The molecule has 0 unspecified atom stereocenters. The molecule has 0 amide bonds. The van der Waals surface area contributed by atoms with Crippen molar-refractivity contribution >= 4 is 18.2 Å². The first-order chi connectivity index (χ1) is 11.5. The first-order valence-electron chi connectivity index (χ1n) is 7.70. The molecule has 1 aromatic heterocycles. The molecule has 128 valence electrons. The normalized spacial score (nSPS) is 21.1. The minimum atomic E-state index is -0.555. The molecule has 2 aromatic rings. The number of hydrogen-bond donors (Lipinski definition) is 1. The van der Waals surface area contributed by atoms with Crippen molar-refractivity contribution in [3.63, 3.8) is 0 Å². The van der Waals surface area contributed by atoms with Gasteiger partial charge in [-0.05, 0) is 12.2 Å². The van der Waals surface area contributed by atoms with Crippen molar-refractivity contribution in [2.75, 3.05) is 13.7 Å². The van der Waals surface area contributed by atoms with Crippen LogP contribution < -0.4 is 0 Å². The first-order valence-corrected chi connectivity index (χ1v) is 8.11. The predicted molar refractivity (Wildman–Crippen MR) is 90.6 cm³/mol. The number of likely N-dealkylation sites (tertiary alicyclic amines) is 1. The summed E-state index contributed by atoms with van der Waals surface area (Å²) in [6.07, 6.45) is -0.196. The van der Waals surface area contributed by atoms with E-state index in [4.69, 9.17) is 17.0 Å². The fraction of sp³-hybridized carbons (Fsp3) is 0.438. The molecule has 1 aromatic carbocycles. The van der Waals surface area contributed by atoms with Gasteiger partial charge in [-0.2, -0.15) is 5.10 Å². The van der Waals surface area contributed by atoms with Gasteiger partial charge < -0.3 is 14.4 Å². The Kier molecular flexibility index (Phi) is 4.79. The molecule has 1 N–H and O–H groups in total. The van der Waals surface area contributed by atoms with Crippen LogP contribution in [0.4, 0.5) is 0 Å². The molecular formula is C16H20N4O3S. The second kappa shape index (κ2) is 6.84. The molecule has 2 heterocycles. The van der Waals surface area contributed by atoms with Gasteiger partial charge in [0.1, 0.15) is 6.04 Å². The number of aromatic nitrogens is 3. The second-order valence-corrected chi connectivity index (χ2v) is 6.24. The number of esters is 1. The summed E-state index contributed by atoms with van der Waals surface area (Å²) in [5.74, 6) is 0.409. The number of β-amino-alcohol motifs (C(OH)–C–C–N with tert-alkyl or cyclic N) is 1. The summed E-state index contributed by atoms with van der Waals surface area (Å²) < 4.78 is 8.89. The standard InChI is InChI=1S/C16H20N4O3S/c1-18-14(11-6-4-3-5-7-11)17-20(16(18)24)10-19-9-12(21)8-13(19)15(22)23-2/h3-7,12-13,21H,8-10H2,1-2H3/t12-,13-/m0/s1. The maximum Gasteiger partial charge on any atom is 0.323 e. The van der Waals surface area contributed by atoms with E-state index in [0.717, 1.165) is 11.4 Å². The van der Waals surface area contributed by atoms with Crippen LogP contribution in [0.2, 0.25) is 0 Å². The fourth-order valence-corrected chi connectivity index (χ4v) is 3.19. The van der Waals surface area contributed by atoms with E-state index < -0.39 is 12.1 Å². The lowest BCUT2D eigenvalue weighted by Crippen LogP contribution is -2.38. The van der Waals surface area contributed by atoms with Crippen molar-refractivity contribution in [3.8, 4) is 11.4 Å². The van der Waals surface area contributed by atoms with Gasteiger partial charge in [-0.25, -0.2) is 4.68 Å². The number of aliphatic hydroxyl groups is 1. The number of ether oxygens (including phenoxy) is 1. The monoisotopic (exact) mass is 348 g/mol. The van der Waals surface area contributed by atoms with E-state index in [-0.39, 0.29) is 5.97 Å². The predicted octanol–water partition coefficient (Wildman–Crippen LogP) is 1.18. The Morgan fingerprint density at radius 2 is 2.12 bits per heavy atom. The van der Waals surface area contributed by atoms with Gasteiger partial charge in [-0.3, -0.25) is 9.69 Å². The average molecular weight is 348 g/mol. The van der Waals surface area contributed by atoms with Gasteiger partial charge >= 0.3 is 5.97 Å². The summed E-state index contributed by atoms with van der Waals surface area (Å²) in [6, 6.07) is 9.30. The third-order valence-corrected chi connectivity index (χ3v) is 4.73. The van der Waals surface area contributed by atoms with Gasteiger partial charge in [-0.15, -0.1) is 0 Å². The maximum atomic E-state index is 11.9. The van der Waals surface area contributed by atoms with Crippen LogP contribution in [0.25, 0.3) is 11.4 Å². The number of methoxy groups -OCH3 is 1. The van der Waals surface area contributed by atoms with Gasteiger partial charge in [0.25, 0.3) is 0 Å². The smallest absolute Gasteiger partial charge is 0.323 e. The van der Waals surface area contributed by atoms with E-state index in [2.05, 4.69) is 5.10 Å². The van der Waals surface area contributed by atoms with Crippen molar-refractivity contribution in [2.45, 2.75) is 25.2 Å². The lowest BCUT2D eigenvalue weighted by Gasteiger charge is -2.21. The molecule has 1 fully saturated rings. The van der Waals surface area contributed by atoms with Crippen LogP contribution in [0.5, 0.6) is 0 Å². The van der Waals surface area contributed by atoms with Crippen LogP contribution in [0.1, 0.15) is 6.42 Å². The molecule has 3 rings (SSSR count). The van der Waals surface area contributed by atoms with Crippen molar-refractivity contribution in [1.82, 2.24) is 19.2 Å². The highest BCUT2D eigenvalue weighted by Crippen LogP contribution is 2.21. The fourth-order valence-electron chi connectivity index (χ4n) is 3.01. The number of carbonyl (C=O) groups is 1. The topological polar surface area (TPSA) is 72.5 Å². The van der Waals surface area contributed by atoms with Crippen LogP contribution >= 0.6 is 12.2 Å². The van der Waals surface area contributed by atoms with Crippen molar-refractivity contribution in [2.24, 2.45) is 7.05 Å². The SMILES string of the molecule is COC(=O)[C@@H]1C[C@H](O)CN1Cn1nc(-c2ccccc2)n(C)c1=S. The molecule has 0 radical (unpaired) electrons. The lowest BCUT2D eigenvalue weighted by molar-refractivity contribution is -0.146.